The van der Waals surface area contributed by atoms with Gasteiger partial charge in [-0.15, -0.1) is 0 Å². The van der Waals surface area contributed by atoms with Crippen LogP contribution < -0.4 is 5.32 Å². The van der Waals surface area contributed by atoms with Crippen molar-refractivity contribution in [3.05, 3.63) is 65.5 Å². The molecule has 1 atom stereocenters. The molecule has 5 nitrogen and oxygen atoms in total. The predicted octanol–water partition coefficient (Wildman–Crippen LogP) is 2.69. The molecule has 1 aliphatic rings. The number of hydrogen-bond donors (Lipinski definition) is 2. The Bertz CT molecular complexity index is 741. The van der Waals surface area contributed by atoms with Gasteiger partial charge in [0.1, 0.15) is 0 Å². The largest absolute Gasteiger partial charge is 0.479 e. The molecule has 0 radical (unpaired) electrons. The van der Waals surface area contributed by atoms with E-state index in [1.807, 2.05) is 0 Å². The number of rotatable bonds is 5. The van der Waals surface area contributed by atoms with E-state index in [4.69, 9.17) is 0 Å². The summed E-state index contributed by atoms with van der Waals surface area (Å²) in [5.74, 6) is -1.08. The zero-order chi connectivity index (χ0) is 16.4. The minimum Gasteiger partial charge on any atom is -0.479 e. The number of nitrogens with one attached hydrogen (secondary N) is 1. The van der Waals surface area contributed by atoms with Gasteiger partial charge in [0.25, 0.3) is 5.91 Å². The first-order chi connectivity index (χ1) is 11.0. The summed E-state index contributed by atoms with van der Waals surface area (Å²) in [6.07, 6.45) is 3.78. The van der Waals surface area contributed by atoms with Crippen LogP contribution >= 0.6 is 0 Å². The molecule has 1 aromatic carbocycles. The van der Waals surface area contributed by atoms with Crippen molar-refractivity contribution < 1.29 is 14.7 Å². The summed E-state index contributed by atoms with van der Waals surface area (Å²) in [5.41, 5.74) is 0.374. The van der Waals surface area contributed by atoms with Crippen molar-refractivity contribution in [1.29, 1.82) is 0 Å². The summed E-state index contributed by atoms with van der Waals surface area (Å²) in [5, 5.41) is 12.3. The van der Waals surface area contributed by atoms with E-state index in [-0.39, 0.29) is 0 Å². The zero-order valence-electron chi connectivity index (χ0n) is 12.8. The molecule has 1 fully saturated rings. The van der Waals surface area contributed by atoms with Gasteiger partial charge in [-0.05, 0) is 37.5 Å². The average molecular weight is 310 g/mol. The van der Waals surface area contributed by atoms with Gasteiger partial charge in [-0.3, -0.25) is 9.78 Å². The van der Waals surface area contributed by atoms with Crippen molar-refractivity contribution in [2.75, 3.05) is 0 Å². The number of pyridine rings is 1. The first-order valence-corrected chi connectivity index (χ1v) is 7.58. The number of amides is 1. The number of nitrogens with zero attached hydrogens (tertiary/aromatic N) is 1. The Morgan fingerprint density at radius 2 is 1.91 bits per heavy atom. The van der Waals surface area contributed by atoms with Gasteiger partial charge in [-0.2, -0.15) is 0 Å². The molecule has 0 spiro atoms. The van der Waals surface area contributed by atoms with Crippen LogP contribution in [-0.4, -0.2) is 22.0 Å². The standard InChI is InChI=1S/C18H18N2O3/c1-18(17(22)23,14-5-3-2-4-6-14)20-16(21)13-9-10-19-15(11-13)12-7-8-12/h2-6,9-12H,7-8H2,1H3,(H,20,21)(H,22,23). The van der Waals surface area contributed by atoms with Crippen LogP contribution in [0.5, 0.6) is 0 Å². The Kier molecular flexibility index (Phi) is 3.86. The summed E-state index contributed by atoms with van der Waals surface area (Å²) < 4.78 is 0. The van der Waals surface area contributed by atoms with Crippen molar-refractivity contribution in [2.45, 2.75) is 31.2 Å². The van der Waals surface area contributed by atoms with Crippen molar-refractivity contribution in [1.82, 2.24) is 10.3 Å². The van der Waals surface area contributed by atoms with Crippen LogP contribution in [0.1, 0.15) is 47.3 Å². The van der Waals surface area contributed by atoms with Gasteiger partial charge in [0.15, 0.2) is 5.54 Å². The lowest BCUT2D eigenvalue weighted by atomic mass is 9.91. The van der Waals surface area contributed by atoms with E-state index in [2.05, 4.69) is 10.3 Å². The highest BCUT2D eigenvalue weighted by molar-refractivity contribution is 5.98. The van der Waals surface area contributed by atoms with Gasteiger partial charge in [-0.1, -0.05) is 30.3 Å². The molecule has 1 saturated carbocycles. The molecular weight excluding hydrogens is 292 g/mol. The van der Waals surface area contributed by atoms with Crippen LogP contribution in [0.25, 0.3) is 0 Å². The fourth-order valence-electron chi connectivity index (χ4n) is 2.51. The molecule has 0 saturated heterocycles. The molecule has 0 bridgehead atoms. The molecule has 118 valence electrons. The van der Waals surface area contributed by atoms with E-state index < -0.39 is 17.4 Å². The quantitative estimate of drug-likeness (QED) is 0.890. The molecule has 1 aromatic heterocycles. The zero-order valence-corrected chi connectivity index (χ0v) is 12.8. The van der Waals surface area contributed by atoms with Crippen LogP contribution in [0.4, 0.5) is 0 Å². The maximum atomic E-state index is 12.5. The highest BCUT2D eigenvalue weighted by atomic mass is 16.4. The number of carboxylic acid groups (broad SMARTS) is 1. The summed E-state index contributed by atoms with van der Waals surface area (Å²) in [4.78, 5) is 28.6. The molecule has 0 aliphatic heterocycles. The number of aliphatic carboxylic acids is 1. The van der Waals surface area contributed by atoms with Gasteiger partial charge in [-0.25, -0.2) is 4.79 Å². The van der Waals surface area contributed by atoms with Gasteiger partial charge >= 0.3 is 5.97 Å². The minimum atomic E-state index is -1.48. The van der Waals surface area contributed by atoms with Crippen molar-refractivity contribution in [3.8, 4) is 0 Å². The molecule has 1 aliphatic carbocycles. The minimum absolute atomic E-state index is 0.414. The lowest BCUT2D eigenvalue weighted by molar-refractivity contribution is -0.144. The molecule has 3 rings (SSSR count). The highest BCUT2D eigenvalue weighted by Gasteiger charge is 2.37. The topological polar surface area (TPSA) is 79.3 Å². The van der Waals surface area contributed by atoms with Crippen molar-refractivity contribution in [2.24, 2.45) is 0 Å². The monoisotopic (exact) mass is 310 g/mol. The summed E-state index contributed by atoms with van der Waals surface area (Å²) >= 11 is 0. The van der Waals surface area contributed by atoms with Crippen LogP contribution in [0, 0.1) is 0 Å². The Morgan fingerprint density at radius 1 is 1.22 bits per heavy atom. The van der Waals surface area contributed by atoms with Gasteiger partial charge in [0.05, 0.1) is 0 Å². The molecule has 2 N–H and O–H groups in total. The van der Waals surface area contributed by atoms with E-state index in [1.165, 1.54) is 6.92 Å². The Labute approximate surface area is 134 Å². The summed E-state index contributed by atoms with van der Waals surface area (Å²) in [6, 6.07) is 12.0. The third-order valence-electron chi connectivity index (χ3n) is 4.18. The third-order valence-corrected chi connectivity index (χ3v) is 4.18. The van der Waals surface area contributed by atoms with E-state index in [1.54, 1.807) is 48.7 Å². The van der Waals surface area contributed by atoms with E-state index >= 15 is 0 Å². The van der Waals surface area contributed by atoms with E-state index in [9.17, 15) is 14.7 Å². The fourth-order valence-corrected chi connectivity index (χ4v) is 2.51. The first-order valence-electron chi connectivity index (χ1n) is 7.58. The first kappa shape index (κ1) is 15.2. The number of hydrogen-bond acceptors (Lipinski definition) is 3. The number of carbonyl (C=O) groups is 2. The fraction of sp³-hybridized carbons (Fsp3) is 0.278. The third kappa shape index (κ3) is 3.08. The molecule has 1 unspecified atom stereocenters. The van der Waals surface area contributed by atoms with Gasteiger partial charge in [0.2, 0.25) is 0 Å². The second-order valence-electron chi connectivity index (χ2n) is 5.99. The molecule has 1 heterocycles. The lowest BCUT2D eigenvalue weighted by Crippen LogP contribution is -2.49. The average Bonchev–Trinajstić information content (AvgIpc) is 3.40. The normalized spacial score (nSPS) is 16.4. The van der Waals surface area contributed by atoms with Crippen molar-refractivity contribution in [3.63, 3.8) is 0 Å². The molecule has 23 heavy (non-hydrogen) atoms. The van der Waals surface area contributed by atoms with E-state index in [0.29, 0.717) is 17.0 Å². The Morgan fingerprint density at radius 3 is 2.52 bits per heavy atom. The maximum Gasteiger partial charge on any atom is 0.333 e. The second kappa shape index (κ2) is 5.83. The molecule has 2 aromatic rings. The van der Waals surface area contributed by atoms with Crippen molar-refractivity contribution >= 4 is 11.9 Å². The maximum absolute atomic E-state index is 12.5. The summed E-state index contributed by atoms with van der Waals surface area (Å²) in [6.45, 7) is 1.49. The summed E-state index contributed by atoms with van der Waals surface area (Å²) in [7, 11) is 0. The SMILES string of the molecule is CC(NC(=O)c1ccnc(C2CC2)c1)(C(=O)O)c1ccccc1. The molecular formula is C18H18N2O3. The Hall–Kier alpha value is -2.69. The predicted molar refractivity (Wildman–Crippen MR) is 85.1 cm³/mol. The van der Waals surface area contributed by atoms with Gasteiger partial charge in [0, 0.05) is 23.4 Å². The smallest absolute Gasteiger partial charge is 0.333 e. The molecule has 1 amide bonds. The number of carboxylic acids is 1. The van der Waals surface area contributed by atoms with Crippen LogP contribution in [-0.2, 0) is 10.3 Å². The van der Waals surface area contributed by atoms with Gasteiger partial charge < -0.3 is 10.4 Å². The van der Waals surface area contributed by atoms with E-state index in [0.717, 1.165) is 18.5 Å². The number of aromatic nitrogens is 1. The van der Waals surface area contributed by atoms with Crippen LogP contribution in [0.15, 0.2) is 48.7 Å². The second-order valence-corrected chi connectivity index (χ2v) is 5.99. The van der Waals surface area contributed by atoms with Crippen LogP contribution in [0.2, 0.25) is 0 Å². The number of benzene rings is 1. The number of carbonyl (C=O) groups excluding carboxylic acids is 1. The Balaban J connectivity index is 1.87. The molecule has 5 heteroatoms. The van der Waals surface area contributed by atoms with Crippen LogP contribution in [0.3, 0.4) is 0 Å². The highest BCUT2D eigenvalue weighted by Crippen LogP contribution is 2.39. The lowest BCUT2D eigenvalue weighted by Gasteiger charge is -2.26.